The lowest BCUT2D eigenvalue weighted by atomic mass is 10.3. The summed E-state index contributed by atoms with van der Waals surface area (Å²) in [7, 11) is -2.16. The molecule has 6 nitrogen and oxygen atoms in total. The molecule has 1 aromatic rings. The highest BCUT2D eigenvalue weighted by Crippen LogP contribution is 2.20. The zero-order chi connectivity index (χ0) is 13.8. The number of sulfonamides is 1. The monoisotopic (exact) mass is 293 g/mol. The number of hydrogen-bond acceptors (Lipinski definition) is 5. The van der Waals surface area contributed by atoms with E-state index in [9.17, 15) is 8.42 Å². The number of halogens is 1. The van der Waals surface area contributed by atoms with Crippen LogP contribution in [0.3, 0.4) is 0 Å². The third-order valence-electron chi connectivity index (χ3n) is 2.25. The smallest absolute Gasteiger partial charge is 0.244 e. The summed E-state index contributed by atoms with van der Waals surface area (Å²) >= 11 is 5.71. The average molecular weight is 294 g/mol. The average Bonchev–Trinajstić information content (AvgIpc) is 2.29. The van der Waals surface area contributed by atoms with E-state index >= 15 is 0 Å². The second kappa shape index (κ2) is 6.33. The lowest BCUT2D eigenvalue weighted by molar-refractivity contribution is 0.188. The van der Waals surface area contributed by atoms with E-state index in [1.54, 1.807) is 14.0 Å². The van der Waals surface area contributed by atoms with Crippen molar-refractivity contribution in [1.82, 2.24) is 9.71 Å². The molecule has 0 aliphatic carbocycles. The van der Waals surface area contributed by atoms with Crippen LogP contribution in [-0.2, 0) is 14.8 Å². The number of nitrogens with two attached hydrogens (primary N) is 1. The van der Waals surface area contributed by atoms with Crippen LogP contribution < -0.4 is 10.5 Å². The lowest BCUT2D eigenvalue weighted by Gasteiger charge is -2.14. The highest BCUT2D eigenvalue weighted by atomic mass is 35.5. The van der Waals surface area contributed by atoms with Crippen molar-refractivity contribution < 1.29 is 13.2 Å². The molecule has 0 aliphatic rings. The van der Waals surface area contributed by atoms with Gasteiger partial charge in [0.15, 0.2) is 0 Å². The third-order valence-corrected chi connectivity index (χ3v) is 4.07. The molecule has 0 unspecified atom stereocenters. The minimum Gasteiger partial charge on any atom is -0.385 e. The largest absolute Gasteiger partial charge is 0.385 e. The number of aromatic nitrogens is 1. The number of pyridine rings is 1. The number of hydrogen-bond donors (Lipinski definition) is 2. The van der Waals surface area contributed by atoms with Crippen molar-refractivity contribution >= 4 is 27.4 Å². The summed E-state index contributed by atoms with van der Waals surface area (Å²) in [6.45, 7) is 2.21. The molecular weight excluding hydrogens is 278 g/mol. The van der Waals surface area contributed by atoms with Crippen molar-refractivity contribution in [3.8, 4) is 0 Å². The summed E-state index contributed by atoms with van der Waals surface area (Å²) in [5.74, 6) is -0.0779. The molecule has 0 saturated heterocycles. The van der Waals surface area contributed by atoms with Crippen molar-refractivity contribution in [3.05, 3.63) is 17.3 Å². The van der Waals surface area contributed by atoms with Gasteiger partial charge in [-0.1, -0.05) is 11.6 Å². The molecule has 0 amide bonds. The van der Waals surface area contributed by atoms with Gasteiger partial charge in [0, 0.05) is 26.0 Å². The van der Waals surface area contributed by atoms with Crippen LogP contribution >= 0.6 is 11.6 Å². The van der Waals surface area contributed by atoms with Gasteiger partial charge < -0.3 is 10.5 Å². The summed E-state index contributed by atoms with van der Waals surface area (Å²) in [6, 6.07) is 1.00. The molecule has 1 atom stereocenters. The van der Waals surface area contributed by atoms with Crippen molar-refractivity contribution in [2.24, 2.45) is 0 Å². The predicted molar refractivity (Wildman–Crippen MR) is 69.9 cm³/mol. The van der Waals surface area contributed by atoms with E-state index in [2.05, 4.69) is 9.71 Å². The number of anilines is 1. The Morgan fingerprint density at radius 2 is 2.28 bits per heavy atom. The molecule has 8 heteroatoms. The Hall–Kier alpha value is -0.890. The maximum absolute atomic E-state index is 12.0. The zero-order valence-electron chi connectivity index (χ0n) is 10.2. The van der Waals surface area contributed by atoms with E-state index in [0.717, 1.165) is 0 Å². The van der Waals surface area contributed by atoms with Crippen LogP contribution in [0.2, 0.25) is 5.02 Å². The van der Waals surface area contributed by atoms with Crippen LogP contribution in [0.4, 0.5) is 5.82 Å². The van der Waals surface area contributed by atoms with E-state index in [4.69, 9.17) is 22.1 Å². The van der Waals surface area contributed by atoms with Gasteiger partial charge in [0.25, 0.3) is 0 Å². The topological polar surface area (TPSA) is 94.3 Å². The Morgan fingerprint density at radius 1 is 1.61 bits per heavy atom. The molecule has 0 spiro atoms. The molecule has 0 aromatic carbocycles. The van der Waals surface area contributed by atoms with Crippen LogP contribution in [0.1, 0.15) is 13.3 Å². The van der Waals surface area contributed by atoms with Gasteiger partial charge in [-0.25, -0.2) is 18.1 Å². The summed E-state index contributed by atoms with van der Waals surface area (Å²) in [4.78, 5) is 3.60. The molecule has 1 rings (SSSR count). The van der Waals surface area contributed by atoms with Gasteiger partial charge in [0.2, 0.25) is 10.0 Å². The second-order valence-corrected chi connectivity index (χ2v) is 5.96. The number of rotatable bonds is 6. The second-order valence-electron chi connectivity index (χ2n) is 3.84. The molecule has 1 aromatic heterocycles. The van der Waals surface area contributed by atoms with Gasteiger partial charge >= 0.3 is 0 Å². The molecule has 0 bridgehead atoms. The Kier molecular flexibility index (Phi) is 5.33. The Bertz CT molecular complexity index is 507. The van der Waals surface area contributed by atoms with E-state index in [0.29, 0.717) is 13.0 Å². The van der Waals surface area contributed by atoms with Crippen molar-refractivity contribution in [1.29, 1.82) is 0 Å². The SMILES string of the molecule is COCC[C@@H](C)NS(=O)(=O)c1cc(Cl)cnc1N. The minimum atomic E-state index is -3.72. The van der Waals surface area contributed by atoms with E-state index in [1.807, 2.05) is 0 Å². The normalized spacial score (nSPS) is 13.5. The molecule has 3 N–H and O–H groups in total. The maximum Gasteiger partial charge on any atom is 0.244 e. The molecule has 102 valence electrons. The molecule has 0 radical (unpaired) electrons. The van der Waals surface area contributed by atoms with Gasteiger partial charge in [-0.3, -0.25) is 0 Å². The van der Waals surface area contributed by atoms with Crippen LogP contribution in [-0.4, -0.2) is 33.2 Å². The quantitative estimate of drug-likeness (QED) is 0.816. The van der Waals surface area contributed by atoms with Crippen LogP contribution in [0.5, 0.6) is 0 Å². The van der Waals surface area contributed by atoms with Gasteiger partial charge in [0.05, 0.1) is 5.02 Å². The first-order valence-corrected chi connectivity index (χ1v) is 7.15. The van der Waals surface area contributed by atoms with Gasteiger partial charge in [-0.2, -0.15) is 0 Å². The Morgan fingerprint density at radius 3 is 2.89 bits per heavy atom. The van der Waals surface area contributed by atoms with Crippen LogP contribution in [0.15, 0.2) is 17.2 Å². The van der Waals surface area contributed by atoms with E-state index in [-0.39, 0.29) is 21.8 Å². The summed E-state index contributed by atoms with van der Waals surface area (Å²) in [5.41, 5.74) is 5.54. The van der Waals surface area contributed by atoms with Gasteiger partial charge in [0.1, 0.15) is 10.7 Å². The first-order chi connectivity index (χ1) is 8.36. The van der Waals surface area contributed by atoms with Crippen molar-refractivity contribution in [2.45, 2.75) is 24.3 Å². The Labute approximate surface area is 112 Å². The highest BCUT2D eigenvalue weighted by molar-refractivity contribution is 7.89. The number of ether oxygens (including phenoxy) is 1. The fourth-order valence-electron chi connectivity index (χ4n) is 1.33. The van der Waals surface area contributed by atoms with Crippen LogP contribution in [0.25, 0.3) is 0 Å². The first kappa shape index (κ1) is 15.2. The molecule has 0 fully saturated rings. The lowest BCUT2D eigenvalue weighted by Crippen LogP contribution is -2.33. The van der Waals surface area contributed by atoms with Crippen molar-refractivity contribution in [3.63, 3.8) is 0 Å². The first-order valence-electron chi connectivity index (χ1n) is 5.29. The molecule has 0 aliphatic heterocycles. The van der Waals surface area contributed by atoms with E-state index < -0.39 is 10.0 Å². The third kappa shape index (κ3) is 4.09. The number of nitrogens with zero attached hydrogens (tertiary/aromatic N) is 1. The molecule has 0 saturated carbocycles. The fraction of sp³-hybridized carbons (Fsp3) is 0.500. The molecular formula is C10H16ClN3O3S. The highest BCUT2D eigenvalue weighted by Gasteiger charge is 2.21. The van der Waals surface area contributed by atoms with Gasteiger partial charge in [-0.15, -0.1) is 0 Å². The maximum atomic E-state index is 12.0. The number of nitrogens with one attached hydrogen (secondary N) is 1. The van der Waals surface area contributed by atoms with E-state index in [1.165, 1.54) is 12.3 Å². The minimum absolute atomic E-state index is 0.0779. The molecule has 18 heavy (non-hydrogen) atoms. The summed E-state index contributed by atoms with van der Waals surface area (Å²) in [6.07, 6.45) is 1.86. The number of nitrogen functional groups attached to an aromatic ring is 1. The fourth-order valence-corrected chi connectivity index (χ4v) is 2.94. The van der Waals surface area contributed by atoms with Gasteiger partial charge in [-0.05, 0) is 19.4 Å². The summed E-state index contributed by atoms with van der Waals surface area (Å²) < 4.78 is 31.5. The predicted octanol–water partition coefficient (Wildman–Crippen LogP) is 1.02. The number of methoxy groups -OCH3 is 1. The molecule has 1 heterocycles. The Balaban J connectivity index is 2.89. The summed E-state index contributed by atoms with van der Waals surface area (Å²) in [5, 5.41) is 0.217. The zero-order valence-corrected chi connectivity index (χ0v) is 11.8. The van der Waals surface area contributed by atoms with Crippen LogP contribution in [0, 0.1) is 0 Å². The van der Waals surface area contributed by atoms with Crippen molar-refractivity contribution in [2.75, 3.05) is 19.5 Å². The standard InChI is InChI=1S/C10H16ClN3O3S/c1-7(3-4-17-2)14-18(15,16)9-5-8(11)6-13-10(9)12/h5-7,14H,3-4H2,1-2H3,(H2,12,13)/t7-/m1/s1.